The summed E-state index contributed by atoms with van der Waals surface area (Å²) < 4.78 is 5.44. The van der Waals surface area contributed by atoms with Gasteiger partial charge in [-0.3, -0.25) is 4.79 Å². The second-order valence-corrected chi connectivity index (χ2v) is 5.38. The molecule has 0 fully saturated rings. The lowest BCUT2D eigenvalue weighted by atomic mass is 10.2. The summed E-state index contributed by atoms with van der Waals surface area (Å²) in [6.45, 7) is 0.614. The molecule has 0 unspecified atom stereocenters. The van der Waals surface area contributed by atoms with E-state index >= 15 is 0 Å². The second kappa shape index (κ2) is 7.50. The number of carbonyl (C=O) groups excluding carboxylic acids is 1. The Bertz CT molecular complexity index is 731. The quantitative estimate of drug-likeness (QED) is 0.500. The standard InChI is InChI=1S/C18H19N3O3/c19-17(12-23-15-7-2-1-3-8-15)20-24-13-18(22)21-11-10-14-6-4-5-9-16(14)21/h1-9H,10-13H2,(H2,19,20). The number of rotatable bonds is 6. The number of amidine groups is 1. The van der Waals surface area contributed by atoms with Gasteiger partial charge in [-0.05, 0) is 30.2 Å². The number of anilines is 1. The molecule has 2 aromatic carbocycles. The lowest BCUT2D eigenvalue weighted by Gasteiger charge is -2.16. The van der Waals surface area contributed by atoms with Gasteiger partial charge in [0.1, 0.15) is 12.4 Å². The van der Waals surface area contributed by atoms with Gasteiger partial charge >= 0.3 is 0 Å². The number of hydrogen-bond donors (Lipinski definition) is 1. The van der Waals surface area contributed by atoms with E-state index in [1.165, 1.54) is 5.56 Å². The molecule has 0 radical (unpaired) electrons. The van der Waals surface area contributed by atoms with Gasteiger partial charge in [-0.25, -0.2) is 0 Å². The van der Waals surface area contributed by atoms with Crippen LogP contribution >= 0.6 is 0 Å². The predicted molar refractivity (Wildman–Crippen MR) is 92.0 cm³/mol. The fourth-order valence-corrected chi connectivity index (χ4v) is 2.55. The Balaban J connectivity index is 1.46. The minimum absolute atomic E-state index is 0.102. The summed E-state index contributed by atoms with van der Waals surface area (Å²) in [5.41, 5.74) is 7.82. The van der Waals surface area contributed by atoms with Gasteiger partial charge in [0.25, 0.3) is 5.91 Å². The van der Waals surface area contributed by atoms with Crippen molar-refractivity contribution >= 4 is 17.4 Å². The highest BCUT2D eigenvalue weighted by atomic mass is 16.6. The van der Waals surface area contributed by atoms with E-state index in [4.69, 9.17) is 15.3 Å². The van der Waals surface area contributed by atoms with Crippen molar-refractivity contribution in [3.05, 3.63) is 60.2 Å². The van der Waals surface area contributed by atoms with Crippen LogP contribution in [0.25, 0.3) is 0 Å². The molecule has 0 aliphatic carbocycles. The molecule has 2 aromatic rings. The van der Waals surface area contributed by atoms with Crippen molar-refractivity contribution in [3.63, 3.8) is 0 Å². The van der Waals surface area contributed by atoms with Crippen LogP contribution in [0.15, 0.2) is 59.8 Å². The molecule has 124 valence electrons. The van der Waals surface area contributed by atoms with Crippen molar-refractivity contribution in [2.75, 3.05) is 24.7 Å². The summed E-state index contributed by atoms with van der Waals surface area (Å²) in [5.74, 6) is 0.731. The fourth-order valence-electron chi connectivity index (χ4n) is 2.55. The number of nitrogens with two attached hydrogens (primary N) is 1. The number of nitrogens with zero attached hydrogens (tertiary/aromatic N) is 2. The fraction of sp³-hybridized carbons (Fsp3) is 0.222. The normalized spacial score (nSPS) is 13.5. The zero-order chi connectivity index (χ0) is 16.8. The Labute approximate surface area is 140 Å². The van der Waals surface area contributed by atoms with Crippen molar-refractivity contribution < 1.29 is 14.4 Å². The average Bonchev–Trinajstić information content (AvgIpc) is 3.05. The first-order valence-corrected chi connectivity index (χ1v) is 7.74. The van der Waals surface area contributed by atoms with Crippen molar-refractivity contribution in [1.82, 2.24) is 0 Å². The largest absolute Gasteiger partial charge is 0.486 e. The van der Waals surface area contributed by atoms with Crippen LogP contribution in [0.2, 0.25) is 0 Å². The third-order valence-corrected chi connectivity index (χ3v) is 3.69. The number of para-hydroxylation sites is 2. The van der Waals surface area contributed by atoms with E-state index in [0.717, 1.165) is 12.1 Å². The predicted octanol–water partition coefficient (Wildman–Crippen LogP) is 1.94. The van der Waals surface area contributed by atoms with Crippen molar-refractivity contribution in [2.24, 2.45) is 10.9 Å². The zero-order valence-electron chi connectivity index (χ0n) is 13.2. The van der Waals surface area contributed by atoms with Crippen LogP contribution in [-0.2, 0) is 16.1 Å². The number of amides is 1. The van der Waals surface area contributed by atoms with Crippen LogP contribution in [0, 0.1) is 0 Å². The van der Waals surface area contributed by atoms with Gasteiger partial charge in [0.2, 0.25) is 0 Å². The average molecular weight is 325 g/mol. The number of hydrogen-bond acceptors (Lipinski definition) is 4. The molecule has 0 saturated carbocycles. The monoisotopic (exact) mass is 325 g/mol. The maximum absolute atomic E-state index is 12.2. The lowest BCUT2D eigenvalue weighted by Crippen LogP contribution is -2.32. The Morgan fingerprint density at radius 3 is 2.67 bits per heavy atom. The van der Waals surface area contributed by atoms with E-state index < -0.39 is 0 Å². The molecule has 0 aromatic heterocycles. The van der Waals surface area contributed by atoms with E-state index in [-0.39, 0.29) is 25.0 Å². The molecule has 1 aliphatic rings. The number of ether oxygens (including phenoxy) is 1. The second-order valence-electron chi connectivity index (χ2n) is 5.38. The third kappa shape index (κ3) is 3.84. The molecule has 6 heteroatoms. The maximum Gasteiger partial charge on any atom is 0.267 e. The van der Waals surface area contributed by atoms with Crippen molar-refractivity contribution in [1.29, 1.82) is 0 Å². The Kier molecular flexibility index (Phi) is 4.96. The molecule has 1 amide bonds. The minimum Gasteiger partial charge on any atom is -0.486 e. The van der Waals surface area contributed by atoms with E-state index in [2.05, 4.69) is 5.16 Å². The molecule has 0 atom stereocenters. The molecule has 0 bridgehead atoms. The lowest BCUT2D eigenvalue weighted by molar-refractivity contribution is -0.123. The van der Waals surface area contributed by atoms with Crippen LogP contribution in [0.1, 0.15) is 5.56 Å². The molecule has 3 rings (SSSR count). The SMILES string of the molecule is N/C(COc1ccccc1)=N\OCC(=O)N1CCc2ccccc21. The Morgan fingerprint density at radius 1 is 1.08 bits per heavy atom. The van der Waals surface area contributed by atoms with E-state index in [0.29, 0.717) is 12.3 Å². The number of oxime groups is 1. The van der Waals surface area contributed by atoms with E-state index in [9.17, 15) is 4.79 Å². The number of fused-ring (bicyclic) bond motifs is 1. The highest BCUT2D eigenvalue weighted by molar-refractivity contribution is 5.96. The molecular formula is C18H19N3O3. The summed E-state index contributed by atoms with van der Waals surface area (Å²) in [6.07, 6.45) is 0.859. The van der Waals surface area contributed by atoms with Crippen molar-refractivity contribution in [3.8, 4) is 5.75 Å². The maximum atomic E-state index is 12.2. The third-order valence-electron chi connectivity index (χ3n) is 3.69. The van der Waals surface area contributed by atoms with Gasteiger partial charge in [-0.15, -0.1) is 0 Å². The summed E-state index contributed by atoms with van der Waals surface area (Å²) >= 11 is 0. The number of carbonyl (C=O) groups is 1. The summed E-state index contributed by atoms with van der Waals surface area (Å²) in [4.78, 5) is 19.0. The first-order valence-electron chi connectivity index (χ1n) is 7.74. The van der Waals surface area contributed by atoms with Crippen LogP contribution in [-0.4, -0.2) is 31.5 Å². The van der Waals surface area contributed by atoms with Gasteiger partial charge in [0, 0.05) is 12.2 Å². The number of benzene rings is 2. The molecule has 24 heavy (non-hydrogen) atoms. The van der Waals surface area contributed by atoms with Crippen LogP contribution in [0.3, 0.4) is 0 Å². The van der Waals surface area contributed by atoms with Crippen LogP contribution in [0.5, 0.6) is 5.75 Å². The van der Waals surface area contributed by atoms with Gasteiger partial charge in [-0.2, -0.15) is 0 Å². The van der Waals surface area contributed by atoms with Gasteiger partial charge in [0.05, 0.1) is 0 Å². The highest BCUT2D eigenvalue weighted by Gasteiger charge is 2.24. The topological polar surface area (TPSA) is 77.1 Å². The molecular weight excluding hydrogens is 306 g/mol. The Morgan fingerprint density at radius 2 is 1.83 bits per heavy atom. The molecule has 0 saturated heterocycles. The minimum atomic E-state index is -0.152. The summed E-state index contributed by atoms with van der Waals surface area (Å²) in [7, 11) is 0. The van der Waals surface area contributed by atoms with E-state index in [1.807, 2.05) is 54.6 Å². The van der Waals surface area contributed by atoms with E-state index in [1.54, 1.807) is 4.90 Å². The van der Waals surface area contributed by atoms with Gasteiger partial charge in [0.15, 0.2) is 12.4 Å². The van der Waals surface area contributed by atoms with Gasteiger partial charge in [-0.1, -0.05) is 41.6 Å². The van der Waals surface area contributed by atoms with Crippen molar-refractivity contribution in [2.45, 2.75) is 6.42 Å². The highest BCUT2D eigenvalue weighted by Crippen LogP contribution is 2.27. The van der Waals surface area contributed by atoms with Crippen LogP contribution < -0.4 is 15.4 Å². The zero-order valence-corrected chi connectivity index (χ0v) is 13.2. The molecule has 6 nitrogen and oxygen atoms in total. The Hall–Kier alpha value is -3.02. The summed E-state index contributed by atoms with van der Waals surface area (Å²) in [6, 6.07) is 17.1. The first-order chi connectivity index (χ1) is 11.7. The molecule has 0 spiro atoms. The molecule has 2 N–H and O–H groups in total. The summed E-state index contributed by atoms with van der Waals surface area (Å²) in [5, 5.41) is 3.73. The molecule has 1 aliphatic heterocycles. The smallest absolute Gasteiger partial charge is 0.267 e. The van der Waals surface area contributed by atoms with Crippen LogP contribution in [0.4, 0.5) is 5.69 Å². The first kappa shape index (κ1) is 15.9. The molecule has 1 heterocycles. The van der Waals surface area contributed by atoms with Gasteiger partial charge < -0.3 is 20.2 Å².